The lowest BCUT2D eigenvalue weighted by molar-refractivity contribution is -0.185. The maximum atomic E-state index is 12.4. The van der Waals surface area contributed by atoms with E-state index in [0.29, 0.717) is 79.6 Å². The predicted molar refractivity (Wildman–Crippen MR) is 184 cm³/mol. The van der Waals surface area contributed by atoms with Gasteiger partial charge in [0.25, 0.3) is 0 Å². The van der Waals surface area contributed by atoms with Crippen molar-refractivity contribution in [1.82, 2.24) is 0 Å². The van der Waals surface area contributed by atoms with E-state index in [0.717, 1.165) is 28.7 Å². The van der Waals surface area contributed by atoms with Crippen molar-refractivity contribution in [2.45, 2.75) is 123 Å². The molecule has 0 aromatic heterocycles. The Morgan fingerprint density at radius 3 is 1.39 bits per heavy atom. The fraction of sp³-hybridized carbons (Fsp3) is 0.707. The average Bonchev–Trinajstić information content (AvgIpc) is 3.75. The molecule has 0 saturated carbocycles. The minimum atomic E-state index is -0.861. The molecule has 4 saturated heterocycles. The molecule has 0 amide bonds. The second kappa shape index (κ2) is 10.4. The molecule has 0 unspecified atom stereocenters. The van der Waals surface area contributed by atoms with Gasteiger partial charge in [0, 0.05) is 91.2 Å². The topological polar surface area (TPSA) is 114 Å². The monoisotopic (exact) mass is 704 g/mol. The molecule has 12 atom stereocenters. The lowest BCUT2D eigenvalue weighted by atomic mass is 9.76. The Morgan fingerprint density at radius 1 is 0.529 bits per heavy atom. The zero-order chi connectivity index (χ0) is 35.6. The second-order valence-electron chi connectivity index (χ2n) is 17.9. The number of benzene rings is 2. The predicted octanol–water partition coefficient (Wildman–Crippen LogP) is 6.57. The van der Waals surface area contributed by atoms with Crippen molar-refractivity contribution >= 4 is 0 Å². The summed E-state index contributed by atoms with van der Waals surface area (Å²) >= 11 is 0. The standard InChI is InChI=1S/C41H52O10/c1-18-15-44-39(6)29(18)12-26-33(43)25(36-28(37(26)51-39)14-31-20(3)17-46-41(31,8)50-36)11-24-32(42)23-10-22-9-21(4)47-38(22,5)48-34(23)27-13-30-19(2)16-45-40(30,7)49-35(24)27/h18-22,29-31,42-43H,9-17H2,1-8H3/t18-,19-,20-,21+,22-,29+,30+,31+,38+,39+,40+,41+/m0/s1. The molecule has 10 rings (SSSR count). The van der Waals surface area contributed by atoms with Gasteiger partial charge in [0.05, 0.1) is 25.9 Å². The van der Waals surface area contributed by atoms with Crippen molar-refractivity contribution in [3.05, 3.63) is 33.4 Å². The van der Waals surface area contributed by atoms with Gasteiger partial charge in [-0.25, -0.2) is 0 Å². The van der Waals surface area contributed by atoms with Gasteiger partial charge in [-0.2, -0.15) is 0 Å². The van der Waals surface area contributed by atoms with Crippen LogP contribution in [-0.4, -0.2) is 59.3 Å². The van der Waals surface area contributed by atoms with E-state index in [1.54, 1.807) is 0 Å². The van der Waals surface area contributed by atoms with Gasteiger partial charge in [-0.1, -0.05) is 20.8 Å². The third-order valence-corrected chi connectivity index (χ3v) is 14.4. The highest BCUT2D eigenvalue weighted by molar-refractivity contribution is 5.70. The van der Waals surface area contributed by atoms with Crippen molar-refractivity contribution in [3.8, 4) is 34.5 Å². The maximum Gasteiger partial charge on any atom is 0.211 e. The Morgan fingerprint density at radius 2 is 0.922 bits per heavy atom. The van der Waals surface area contributed by atoms with Gasteiger partial charge in [0.15, 0.2) is 0 Å². The van der Waals surface area contributed by atoms with E-state index in [2.05, 4.69) is 27.7 Å². The zero-order valence-electron chi connectivity index (χ0n) is 31.1. The number of phenolic OH excluding ortho intramolecular Hbond substituents is 2. The fourth-order valence-corrected chi connectivity index (χ4v) is 11.3. The minimum absolute atomic E-state index is 0.0495. The third-order valence-electron chi connectivity index (χ3n) is 14.4. The average molecular weight is 705 g/mol. The number of rotatable bonds is 2. The number of aromatic hydroxyl groups is 2. The first kappa shape index (κ1) is 32.7. The molecule has 2 N–H and O–H groups in total. The molecule has 0 bridgehead atoms. The van der Waals surface area contributed by atoms with Gasteiger partial charge in [-0.3, -0.25) is 0 Å². The molecule has 51 heavy (non-hydrogen) atoms. The summed E-state index contributed by atoms with van der Waals surface area (Å²) in [5, 5.41) is 24.9. The van der Waals surface area contributed by atoms with Gasteiger partial charge >= 0.3 is 0 Å². The van der Waals surface area contributed by atoms with Gasteiger partial charge in [-0.15, -0.1) is 0 Å². The van der Waals surface area contributed by atoms with Crippen LogP contribution in [0.25, 0.3) is 0 Å². The number of ether oxygens (including phenoxy) is 8. The smallest absolute Gasteiger partial charge is 0.211 e. The largest absolute Gasteiger partial charge is 0.507 e. The van der Waals surface area contributed by atoms with Gasteiger partial charge < -0.3 is 48.1 Å². The van der Waals surface area contributed by atoms with Gasteiger partial charge in [-0.05, 0) is 56.8 Å². The zero-order valence-corrected chi connectivity index (χ0v) is 31.1. The van der Waals surface area contributed by atoms with Crippen molar-refractivity contribution in [3.63, 3.8) is 0 Å². The number of hydrogen-bond donors (Lipinski definition) is 2. The van der Waals surface area contributed by atoms with Crippen molar-refractivity contribution in [1.29, 1.82) is 0 Å². The van der Waals surface area contributed by atoms with Crippen LogP contribution in [0.15, 0.2) is 0 Å². The van der Waals surface area contributed by atoms with Crippen LogP contribution in [-0.2, 0) is 51.1 Å². The molecule has 2 aromatic carbocycles. The normalized spacial score (nSPS) is 43.9. The summed E-state index contributed by atoms with van der Waals surface area (Å²) in [5.74, 6) is 0.671. The van der Waals surface area contributed by atoms with E-state index in [1.807, 2.05) is 27.7 Å². The van der Waals surface area contributed by atoms with E-state index in [4.69, 9.17) is 37.9 Å². The lowest BCUT2D eigenvalue weighted by Gasteiger charge is -2.44. The quantitative estimate of drug-likeness (QED) is 0.356. The van der Waals surface area contributed by atoms with E-state index >= 15 is 0 Å². The molecule has 10 heteroatoms. The summed E-state index contributed by atoms with van der Waals surface area (Å²) in [5.41, 5.74) is 4.65. The molecule has 8 aliphatic heterocycles. The summed E-state index contributed by atoms with van der Waals surface area (Å²) in [6.45, 7) is 18.5. The first-order valence-corrected chi connectivity index (χ1v) is 19.3. The van der Waals surface area contributed by atoms with Crippen molar-refractivity contribution in [2.75, 3.05) is 19.8 Å². The molecule has 8 heterocycles. The highest BCUT2D eigenvalue weighted by atomic mass is 16.7. The van der Waals surface area contributed by atoms with Crippen LogP contribution in [0.3, 0.4) is 0 Å². The number of phenols is 2. The van der Waals surface area contributed by atoms with E-state index in [9.17, 15) is 10.2 Å². The number of hydrogen-bond acceptors (Lipinski definition) is 10. The summed E-state index contributed by atoms with van der Waals surface area (Å²) < 4.78 is 52.8. The van der Waals surface area contributed by atoms with Crippen LogP contribution in [0, 0.1) is 41.4 Å². The van der Waals surface area contributed by atoms with Crippen LogP contribution in [0.5, 0.6) is 34.5 Å². The van der Waals surface area contributed by atoms with E-state index in [1.165, 1.54) is 0 Å². The molecular weight excluding hydrogens is 652 g/mol. The Labute approximate surface area is 300 Å². The Hall–Kier alpha value is -2.92. The lowest BCUT2D eigenvalue weighted by Crippen LogP contribution is -2.47. The summed E-state index contributed by atoms with van der Waals surface area (Å²) in [4.78, 5) is 0. The summed E-state index contributed by atoms with van der Waals surface area (Å²) in [6.07, 6.45) is 3.68. The molecule has 8 aliphatic rings. The molecule has 0 aliphatic carbocycles. The molecule has 4 fully saturated rings. The SMILES string of the molecule is C[C@@H]1C[C@H]2Cc3c(O)c(Cc4c(O)c5c(c6c4O[C@@]4(C)OC[C@H](C)[C@H]4C6)O[C@@]4(C)OC[C@H](C)[C@H]4C5)c4c(c3O[C@@]2(C)O1)C[C@@H]1[C@@H](C)CO[C@]1(C)O4. The second-order valence-corrected chi connectivity index (χ2v) is 17.9. The molecule has 276 valence electrons. The highest BCUT2D eigenvalue weighted by Crippen LogP contribution is 2.61. The summed E-state index contributed by atoms with van der Waals surface area (Å²) in [6, 6.07) is 0. The van der Waals surface area contributed by atoms with Crippen LogP contribution in [0.1, 0.15) is 95.2 Å². The van der Waals surface area contributed by atoms with E-state index < -0.39 is 23.1 Å². The fourth-order valence-electron chi connectivity index (χ4n) is 11.3. The Balaban J connectivity index is 1.17. The maximum absolute atomic E-state index is 12.4. The van der Waals surface area contributed by atoms with Gasteiger partial charge in [0.2, 0.25) is 23.1 Å². The van der Waals surface area contributed by atoms with Crippen LogP contribution < -0.4 is 18.9 Å². The first-order chi connectivity index (χ1) is 24.1. The summed E-state index contributed by atoms with van der Waals surface area (Å²) in [7, 11) is 0. The minimum Gasteiger partial charge on any atom is -0.507 e. The number of fused-ring (bicyclic) bond motifs is 10. The molecule has 2 aromatic rings. The first-order valence-electron chi connectivity index (χ1n) is 19.3. The molecule has 10 nitrogen and oxygen atoms in total. The van der Waals surface area contributed by atoms with Gasteiger partial charge in [0.1, 0.15) is 34.5 Å². The van der Waals surface area contributed by atoms with Crippen LogP contribution >= 0.6 is 0 Å². The van der Waals surface area contributed by atoms with E-state index in [-0.39, 0.29) is 65.4 Å². The third kappa shape index (κ3) is 4.36. The van der Waals surface area contributed by atoms with Crippen molar-refractivity contribution < 1.29 is 48.1 Å². The van der Waals surface area contributed by atoms with Crippen LogP contribution in [0.4, 0.5) is 0 Å². The Bertz CT molecular complexity index is 1860. The molecule has 0 spiro atoms. The Kier molecular flexibility index (Phi) is 6.66. The highest BCUT2D eigenvalue weighted by Gasteiger charge is 2.58. The molecular formula is C41H52O10. The molecule has 0 radical (unpaired) electrons. The van der Waals surface area contributed by atoms with Crippen molar-refractivity contribution in [2.24, 2.45) is 41.4 Å². The van der Waals surface area contributed by atoms with Crippen LogP contribution in [0.2, 0.25) is 0 Å².